The second-order valence-electron chi connectivity index (χ2n) is 6.29. The van der Waals surface area contributed by atoms with Crippen molar-refractivity contribution in [2.45, 2.75) is 18.4 Å². The zero-order chi connectivity index (χ0) is 20.4. The van der Waals surface area contributed by atoms with Gasteiger partial charge in [-0.15, -0.1) is 0 Å². The van der Waals surface area contributed by atoms with Gasteiger partial charge in [0.1, 0.15) is 11.5 Å². The summed E-state index contributed by atoms with van der Waals surface area (Å²) in [5, 5.41) is 0. The third-order valence-corrected chi connectivity index (χ3v) is 6.67. The van der Waals surface area contributed by atoms with Gasteiger partial charge >= 0.3 is 4.87 Å². The topological polar surface area (TPSA) is 77.4 Å². The number of sulfonamides is 1. The zero-order valence-electron chi connectivity index (χ0n) is 15.5. The number of rotatable bonds is 6. The molecule has 0 unspecified atom stereocenters. The zero-order valence-corrected chi connectivity index (χ0v) is 17.2. The second-order valence-corrected chi connectivity index (χ2v) is 8.96. The van der Waals surface area contributed by atoms with Gasteiger partial charge < -0.3 is 4.74 Å². The van der Waals surface area contributed by atoms with E-state index in [-0.39, 0.29) is 9.77 Å². The van der Waals surface area contributed by atoms with E-state index >= 15 is 0 Å². The van der Waals surface area contributed by atoms with E-state index in [9.17, 15) is 13.2 Å². The summed E-state index contributed by atoms with van der Waals surface area (Å²) in [5.41, 5.74) is 1.16. The summed E-state index contributed by atoms with van der Waals surface area (Å²) in [6, 6.07) is 20.7. The summed E-state index contributed by atoms with van der Waals surface area (Å²) in [5.74, 6) is 1.30. The Kier molecular flexibility index (Phi) is 5.12. The first-order chi connectivity index (χ1) is 14.0. The van der Waals surface area contributed by atoms with Crippen LogP contribution in [0.1, 0.15) is 6.92 Å². The smallest absolute Gasteiger partial charge is 0.308 e. The molecule has 6 nitrogen and oxygen atoms in total. The Balaban J connectivity index is 1.55. The average molecular weight is 427 g/mol. The minimum absolute atomic E-state index is 0.0981. The molecule has 0 radical (unpaired) electrons. The maximum atomic E-state index is 12.8. The molecule has 0 fully saturated rings. The first-order valence-electron chi connectivity index (χ1n) is 8.95. The van der Waals surface area contributed by atoms with Crippen molar-refractivity contribution in [3.63, 3.8) is 0 Å². The Bertz CT molecular complexity index is 1310. The Labute approximate surface area is 172 Å². The molecule has 4 rings (SSSR count). The standard InChI is InChI=1S/C21H18N2O4S2/c1-2-23-19-13-12-18(14-20(19)28-21(23)24)29(25,26)22-15-8-10-17(11-9-15)27-16-6-4-3-5-7-16/h3-14,22H,2H2,1H3. The maximum absolute atomic E-state index is 12.8. The predicted octanol–water partition coefficient (Wildman–Crippen LogP) is 4.68. The Hall–Kier alpha value is -3.10. The highest BCUT2D eigenvalue weighted by Gasteiger charge is 2.17. The third kappa shape index (κ3) is 4.03. The number of thiazole rings is 1. The van der Waals surface area contributed by atoms with Crippen LogP contribution in [0.25, 0.3) is 10.2 Å². The van der Waals surface area contributed by atoms with Gasteiger partial charge in [-0.3, -0.25) is 14.1 Å². The minimum Gasteiger partial charge on any atom is -0.457 e. The summed E-state index contributed by atoms with van der Waals surface area (Å²) in [6.45, 7) is 2.42. The minimum atomic E-state index is -3.78. The van der Waals surface area contributed by atoms with E-state index in [0.717, 1.165) is 16.9 Å². The molecule has 1 aromatic heterocycles. The first-order valence-corrected chi connectivity index (χ1v) is 11.3. The molecule has 8 heteroatoms. The van der Waals surface area contributed by atoms with E-state index < -0.39 is 10.0 Å². The van der Waals surface area contributed by atoms with Crippen LogP contribution in [-0.2, 0) is 16.6 Å². The van der Waals surface area contributed by atoms with Gasteiger partial charge in [-0.1, -0.05) is 29.5 Å². The fourth-order valence-corrected chi connectivity index (χ4v) is 5.10. The largest absolute Gasteiger partial charge is 0.457 e. The third-order valence-electron chi connectivity index (χ3n) is 4.35. The number of nitrogens with one attached hydrogen (secondary N) is 1. The van der Waals surface area contributed by atoms with Gasteiger partial charge in [-0.25, -0.2) is 8.42 Å². The average Bonchev–Trinajstić information content (AvgIpc) is 3.04. The number of anilines is 1. The van der Waals surface area contributed by atoms with E-state index in [0.29, 0.717) is 28.4 Å². The van der Waals surface area contributed by atoms with Crippen molar-refractivity contribution in [3.05, 3.63) is 82.5 Å². The van der Waals surface area contributed by atoms with Crippen molar-refractivity contribution in [1.29, 1.82) is 0 Å². The van der Waals surface area contributed by atoms with Crippen LogP contribution < -0.4 is 14.3 Å². The van der Waals surface area contributed by atoms with Crippen molar-refractivity contribution < 1.29 is 13.2 Å². The van der Waals surface area contributed by atoms with Crippen LogP contribution in [0.4, 0.5) is 5.69 Å². The van der Waals surface area contributed by atoms with E-state index in [1.54, 1.807) is 34.9 Å². The fourth-order valence-electron chi connectivity index (χ4n) is 2.94. The van der Waals surface area contributed by atoms with Gasteiger partial charge in [0.15, 0.2) is 0 Å². The second kappa shape index (κ2) is 7.73. The van der Waals surface area contributed by atoms with Crippen molar-refractivity contribution in [2.75, 3.05) is 4.72 Å². The molecule has 0 amide bonds. The molecule has 0 aliphatic rings. The van der Waals surface area contributed by atoms with Gasteiger partial charge in [-0.05, 0) is 61.5 Å². The van der Waals surface area contributed by atoms with Crippen LogP contribution in [0.15, 0.2) is 82.5 Å². The van der Waals surface area contributed by atoms with Gasteiger partial charge in [0, 0.05) is 12.2 Å². The number of nitrogens with zero attached hydrogens (tertiary/aromatic N) is 1. The molecule has 4 aromatic rings. The number of aromatic nitrogens is 1. The van der Waals surface area contributed by atoms with Crippen LogP contribution >= 0.6 is 11.3 Å². The molecule has 3 aromatic carbocycles. The van der Waals surface area contributed by atoms with E-state index in [1.807, 2.05) is 37.3 Å². The highest BCUT2D eigenvalue weighted by Crippen LogP contribution is 2.26. The summed E-state index contributed by atoms with van der Waals surface area (Å²) in [6.07, 6.45) is 0. The molecule has 0 aliphatic heterocycles. The molecule has 0 saturated carbocycles. The molecule has 0 saturated heterocycles. The lowest BCUT2D eigenvalue weighted by atomic mass is 10.3. The number of hydrogen-bond donors (Lipinski definition) is 1. The van der Waals surface area contributed by atoms with Crippen molar-refractivity contribution in [1.82, 2.24) is 4.57 Å². The van der Waals surface area contributed by atoms with Crippen molar-refractivity contribution >= 4 is 37.3 Å². The van der Waals surface area contributed by atoms with Crippen molar-refractivity contribution in [2.24, 2.45) is 0 Å². The molecule has 148 valence electrons. The molecular weight excluding hydrogens is 408 g/mol. The lowest BCUT2D eigenvalue weighted by molar-refractivity contribution is 0.483. The highest BCUT2D eigenvalue weighted by atomic mass is 32.2. The molecule has 1 heterocycles. The van der Waals surface area contributed by atoms with Gasteiger partial charge in [0.2, 0.25) is 0 Å². The lowest BCUT2D eigenvalue weighted by Crippen LogP contribution is -2.13. The van der Waals surface area contributed by atoms with E-state index in [4.69, 9.17) is 4.74 Å². The molecular formula is C21H18N2O4S2. The summed E-state index contributed by atoms with van der Waals surface area (Å²) < 4.78 is 36.1. The van der Waals surface area contributed by atoms with Crippen LogP contribution in [-0.4, -0.2) is 13.0 Å². The first kappa shape index (κ1) is 19.2. The van der Waals surface area contributed by atoms with Crippen LogP contribution in [0.5, 0.6) is 11.5 Å². The number of benzene rings is 3. The number of para-hydroxylation sites is 1. The highest BCUT2D eigenvalue weighted by molar-refractivity contribution is 7.92. The van der Waals surface area contributed by atoms with Crippen LogP contribution in [0.2, 0.25) is 0 Å². The van der Waals surface area contributed by atoms with Gasteiger partial charge in [0.25, 0.3) is 10.0 Å². The fraction of sp³-hybridized carbons (Fsp3) is 0.0952. The molecule has 0 spiro atoms. The quantitative estimate of drug-likeness (QED) is 0.486. The summed E-state index contributed by atoms with van der Waals surface area (Å²) in [4.78, 5) is 12.0. The number of ether oxygens (including phenoxy) is 1. The molecule has 1 N–H and O–H groups in total. The number of fused-ring (bicyclic) bond motifs is 1. The van der Waals surface area contributed by atoms with Crippen LogP contribution in [0, 0.1) is 0 Å². The molecule has 0 aliphatic carbocycles. The number of aryl methyl sites for hydroxylation is 1. The normalized spacial score (nSPS) is 11.5. The van der Waals surface area contributed by atoms with E-state index in [1.165, 1.54) is 12.1 Å². The molecule has 0 bridgehead atoms. The molecule has 0 atom stereocenters. The lowest BCUT2D eigenvalue weighted by Gasteiger charge is -2.10. The Morgan fingerprint density at radius 3 is 2.34 bits per heavy atom. The maximum Gasteiger partial charge on any atom is 0.308 e. The summed E-state index contributed by atoms with van der Waals surface area (Å²) in [7, 11) is -3.78. The predicted molar refractivity (Wildman–Crippen MR) is 116 cm³/mol. The van der Waals surface area contributed by atoms with E-state index in [2.05, 4.69) is 4.72 Å². The Morgan fingerprint density at radius 1 is 0.966 bits per heavy atom. The number of hydrogen-bond acceptors (Lipinski definition) is 5. The monoisotopic (exact) mass is 426 g/mol. The Morgan fingerprint density at radius 2 is 1.66 bits per heavy atom. The van der Waals surface area contributed by atoms with Gasteiger partial charge in [-0.2, -0.15) is 0 Å². The van der Waals surface area contributed by atoms with Gasteiger partial charge in [0.05, 0.1) is 15.1 Å². The molecule has 29 heavy (non-hydrogen) atoms. The summed E-state index contributed by atoms with van der Waals surface area (Å²) >= 11 is 1.04. The van der Waals surface area contributed by atoms with Crippen LogP contribution in [0.3, 0.4) is 0 Å². The van der Waals surface area contributed by atoms with Crippen molar-refractivity contribution in [3.8, 4) is 11.5 Å². The SMILES string of the molecule is CCn1c(=O)sc2cc(S(=O)(=O)Nc3ccc(Oc4ccccc4)cc3)ccc21.